The van der Waals surface area contributed by atoms with Gasteiger partial charge >= 0.3 is 0 Å². The Morgan fingerprint density at radius 2 is 2.00 bits per heavy atom. The Hall–Kier alpha value is -2.99. The Kier molecular flexibility index (Phi) is 6.42. The molecule has 1 N–H and O–H groups in total. The summed E-state index contributed by atoms with van der Waals surface area (Å²) in [6.07, 6.45) is 3.05. The molecule has 0 saturated carbocycles. The van der Waals surface area contributed by atoms with E-state index in [1.165, 1.54) is 0 Å². The quantitative estimate of drug-likeness (QED) is 0.668. The topological polar surface area (TPSA) is 77.0 Å². The van der Waals surface area contributed by atoms with Crippen LogP contribution in [0, 0.1) is 0 Å². The summed E-state index contributed by atoms with van der Waals surface area (Å²) in [5.74, 6) is 0.485. The summed E-state index contributed by atoms with van der Waals surface area (Å²) in [6, 6.07) is 12.8. The number of nitrogens with zero attached hydrogens (tertiary/aromatic N) is 1. The van der Waals surface area contributed by atoms with Gasteiger partial charge in [-0.15, -0.1) is 0 Å². The van der Waals surface area contributed by atoms with Gasteiger partial charge in [0.15, 0.2) is 5.78 Å². The molecule has 1 fully saturated rings. The van der Waals surface area contributed by atoms with Crippen LogP contribution in [0.25, 0.3) is 0 Å². The molecule has 1 saturated heterocycles. The fraction of sp³-hybridized carbons (Fsp3) is 0.423. The van der Waals surface area contributed by atoms with E-state index in [4.69, 9.17) is 14.5 Å². The van der Waals surface area contributed by atoms with Crippen LogP contribution < -0.4 is 10.1 Å². The fourth-order valence-electron chi connectivity index (χ4n) is 4.37. The van der Waals surface area contributed by atoms with Crippen molar-refractivity contribution in [2.75, 3.05) is 20.3 Å². The lowest BCUT2D eigenvalue weighted by Gasteiger charge is -2.29. The van der Waals surface area contributed by atoms with E-state index in [2.05, 4.69) is 19.2 Å². The van der Waals surface area contributed by atoms with Crippen LogP contribution in [0.2, 0.25) is 0 Å². The van der Waals surface area contributed by atoms with E-state index in [1.54, 1.807) is 31.4 Å². The summed E-state index contributed by atoms with van der Waals surface area (Å²) in [7, 11) is 1.63. The van der Waals surface area contributed by atoms with Crippen LogP contribution in [0.3, 0.4) is 0 Å². The van der Waals surface area contributed by atoms with Crippen LogP contribution in [0.1, 0.15) is 65.0 Å². The number of fused-ring (bicyclic) bond motifs is 1. The van der Waals surface area contributed by atoms with Crippen LogP contribution in [-0.4, -0.2) is 49.3 Å². The molecule has 1 amide bonds. The van der Waals surface area contributed by atoms with Gasteiger partial charge in [-0.25, -0.2) is 0 Å². The second-order valence-corrected chi connectivity index (χ2v) is 9.10. The van der Waals surface area contributed by atoms with E-state index in [-0.39, 0.29) is 29.8 Å². The number of amides is 1. The van der Waals surface area contributed by atoms with Crippen LogP contribution in [0.5, 0.6) is 5.75 Å². The van der Waals surface area contributed by atoms with Gasteiger partial charge in [-0.3, -0.25) is 14.6 Å². The van der Waals surface area contributed by atoms with Crippen molar-refractivity contribution in [1.82, 2.24) is 5.32 Å². The lowest BCUT2D eigenvalue weighted by Crippen LogP contribution is -2.32. The Morgan fingerprint density at radius 1 is 1.19 bits per heavy atom. The van der Waals surface area contributed by atoms with Gasteiger partial charge in [0.1, 0.15) is 5.75 Å². The maximum atomic E-state index is 13.2. The number of ether oxygens (including phenoxy) is 2. The molecule has 6 nitrogen and oxygen atoms in total. The summed E-state index contributed by atoms with van der Waals surface area (Å²) >= 11 is 0. The molecule has 168 valence electrons. The van der Waals surface area contributed by atoms with Crippen LogP contribution >= 0.6 is 0 Å². The van der Waals surface area contributed by atoms with E-state index in [9.17, 15) is 9.59 Å². The van der Waals surface area contributed by atoms with Gasteiger partial charge in [0, 0.05) is 29.8 Å². The van der Waals surface area contributed by atoms with Gasteiger partial charge in [-0.1, -0.05) is 18.2 Å². The molecule has 4 rings (SSSR count). The third kappa shape index (κ3) is 5.07. The minimum atomic E-state index is -0.277. The van der Waals surface area contributed by atoms with E-state index in [1.807, 2.05) is 18.2 Å². The summed E-state index contributed by atoms with van der Waals surface area (Å²) in [4.78, 5) is 30.6. The zero-order valence-corrected chi connectivity index (χ0v) is 18.9. The molecule has 0 aromatic heterocycles. The molecular formula is C26H30N2O4. The molecule has 6 heteroatoms. The first kappa shape index (κ1) is 22.2. The number of Topliss-reactive ketones (excluding diaryl/α,β-unsaturated/α-hetero) is 1. The zero-order valence-electron chi connectivity index (χ0n) is 18.9. The third-order valence-corrected chi connectivity index (χ3v) is 5.98. The zero-order chi connectivity index (χ0) is 22.7. The van der Waals surface area contributed by atoms with Crippen molar-refractivity contribution in [3.63, 3.8) is 0 Å². The van der Waals surface area contributed by atoms with Gasteiger partial charge in [0.05, 0.1) is 30.9 Å². The second kappa shape index (κ2) is 9.25. The number of nitrogens with one attached hydrogen (secondary N) is 1. The molecule has 1 atom stereocenters. The number of methoxy groups -OCH3 is 1. The van der Waals surface area contributed by atoms with Crippen molar-refractivity contribution in [1.29, 1.82) is 0 Å². The Labute approximate surface area is 189 Å². The number of benzene rings is 2. The SMILES string of the molecule is COc1ccc2c(c1)C(CC(=O)c1cccc(C(=O)NCC3CCCO3)c1)=NC(C)(C)C2. The van der Waals surface area contributed by atoms with Crippen molar-refractivity contribution >= 4 is 17.4 Å². The number of carbonyl (C=O) groups is 2. The molecule has 2 aliphatic rings. The van der Waals surface area contributed by atoms with Gasteiger partial charge in [0.25, 0.3) is 5.91 Å². The average molecular weight is 435 g/mol. The van der Waals surface area contributed by atoms with Crippen molar-refractivity contribution in [3.05, 3.63) is 64.7 Å². The molecular weight excluding hydrogens is 404 g/mol. The van der Waals surface area contributed by atoms with E-state index in [0.29, 0.717) is 17.7 Å². The van der Waals surface area contributed by atoms with E-state index in [0.717, 1.165) is 48.5 Å². The summed E-state index contributed by atoms with van der Waals surface area (Å²) in [5.41, 5.74) is 3.58. The Balaban J connectivity index is 1.50. The molecule has 1 unspecified atom stereocenters. The highest BCUT2D eigenvalue weighted by molar-refractivity contribution is 6.17. The van der Waals surface area contributed by atoms with Gasteiger partial charge < -0.3 is 14.8 Å². The van der Waals surface area contributed by atoms with E-state index >= 15 is 0 Å². The Bertz CT molecular complexity index is 1050. The van der Waals surface area contributed by atoms with Crippen molar-refractivity contribution in [3.8, 4) is 5.75 Å². The second-order valence-electron chi connectivity index (χ2n) is 9.10. The highest BCUT2D eigenvalue weighted by atomic mass is 16.5. The van der Waals surface area contributed by atoms with Crippen molar-refractivity contribution in [2.24, 2.45) is 4.99 Å². The maximum absolute atomic E-state index is 13.2. The lowest BCUT2D eigenvalue weighted by molar-refractivity contribution is 0.0858. The molecule has 0 aliphatic carbocycles. The standard InChI is InChI=1S/C26H30N2O4/c1-26(2)15-19-9-10-20(31-3)13-22(19)23(28-26)14-24(29)17-6-4-7-18(12-17)25(30)27-16-21-8-5-11-32-21/h4,6-7,9-10,12-13,21H,5,8,11,14-16H2,1-3H3,(H,27,30). The number of ketones is 1. The number of hydrogen-bond acceptors (Lipinski definition) is 5. The largest absolute Gasteiger partial charge is 0.497 e. The smallest absolute Gasteiger partial charge is 0.251 e. The molecule has 2 aromatic rings. The molecule has 2 heterocycles. The monoisotopic (exact) mass is 434 g/mol. The van der Waals surface area contributed by atoms with Crippen molar-refractivity contribution < 1.29 is 19.1 Å². The molecule has 0 bridgehead atoms. The maximum Gasteiger partial charge on any atom is 0.251 e. The van der Waals surface area contributed by atoms with Gasteiger partial charge in [-0.2, -0.15) is 0 Å². The van der Waals surface area contributed by atoms with Crippen LogP contribution in [0.15, 0.2) is 47.5 Å². The first-order chi connectivity index (χ1) is 15.3. The number of hydrogen-bond donors (Lipinski definition) is 1. The fourth-order valence-corrected chi connectivity index (χ4v) is 4.37. The third-order valence-electron chi connectivity index (χ3n) is 5.98. The molecule has 0 spiro atoms. The molecule has 32 heavy (non-hydrogen) atoms. The summed E-state index contributed by atoms with van der Waals surface area (Å²) < 4.78 is 10.9. The predicted octanol–water partition coefficient (Wildman–Crippen LogP) is 4.00. The highest BCUT2D eigenvalue weighted by Gasteiger charge is 2.28. The molecule has 0 radical (unpaired) electrons. The molecule has 2 aliphatic heterocycles. The van der Waals surface area contributed by atoms with Crippen LogP contribution in [0.4, 0.5) is 0 Å². The van der Waals surface area contributed by atoms with Gasteiger partial charge in [0.2, 0.25) is 0 Å². The summed E-state index contributed by atoms with van der Waals surface area (Å²) in [6.45, 7) is 5.38. The minimum absolute atomic E-state index is 0.0657. The first-order valence-electron chi connectivity index (χ1n) is 11.1. The average Bonchev–Trinajstić information content (AvgIpc) is 3.30. The first-order valence-corrected chi connectivity index (χ1v) is 11.1. The molecule has 2 aromatic carbocycles. The number of aliphatic imine (C=N–C) groups is 1. The normalized spacial score (nSPS) is 19.1. The summed E-state index contributed by atoms with van der Waals surface area (Å²) in [5, 5.41) is 2.91. The highest BCUT2D eigenvalue weighted by Crippen LogP contribution is 2.31. The Morgan fingerprint density at radius 3 is 2.75 bits per heavy atom. The van der Waals surface area contributed by atoms with Crippen molar-refractivity contribution in [2.45, 2.75) is 51.2 Å². The number of rotatable bonds is 7. The predicted molar refractivity (Wildman–Crippen MR) is 124 cm³/mol. The minimum Gasteiger partial charge on any atom is -0.497 e. The number of carbonyl (C=O) groups excluding carboxylic acids is 2. The van der Waals surface area contributed by atoms with Gasteiger partial charge in [-0.05, 0) is 62.9 Å². The lowest BCUT2D eigenvalue weighted by atomic mass is 9.85. The van der Waals surface area contributed by atoms with E-state index < -0.39 is 0 Å². The van der Waals surface area contributed by atoms with Crippen LogP contribution in [-0.2, 0) is 11.2 Å².